The van der Waals surface area contributed by atoms with Gasteiger partial charge in [-0.05, 0) is 20.4 Å². The van der Waals surface area contributed by atoms with E-state index < -0.39 is 0 Å². The van der Waals surface area contributed by atoms with Crippen LogP contribution in [-0.2, 0) is 5.41 Å². The van der Waals surface area contributed by atoms with Gasteiger partial charge in [-0.1, -0.05) is 34.6 Å². The third kappa shape index (κ3) is 3.36. The highest BCUT2D eigenvalue weighted by Crippen LogP contribution is 2.21. The maximum atomic E-state index is 4.06. The van der Waals surface area contributed by atoms with Crippen LogP contribution >= 0.6 is 9.39 Å². The molecule has 0 saturated carbocycles. The second kappa shape index (κ2) is 4.61. The highest BCUT2D eigenvalue weighted by molar-refractivity contribution is 7.14. The van der Waals surface area contributed by atoms with Crippen molar-refractivity contribution < 1.29 is 0 Å². The van der Waals surface area contributed by atoms with Gasteiger partial charge >= 0.3 is 0 Å². The molecule has 0 amide bonds. The van der Waals surface area contributed by atoms with Gasteiger partial charge in [-0.25, -0.2) is 0 Å². The number of hydrogen-bond donors (Lipinski definition) is 0. The lowest BCUT2D eigenvalue weighted by atomic mass is 9.90. The van der Waals surface area contributed by atoms with Gasteiger partial charge in [0.15, 0.2) is 0 Å². The van der Waals surface area contributed by atoms with E-state index in [2.05, 4.69) is 35.3 Å². The second-order valence-electron chi connectivity index (χ2n) is 3.46. The Kier molecular flexibility index (Phi) is 4.47. The summed E-state index contributed by atoms with van der Waals surface area (Å²) in [4.78, 5) is 0. The topological polar surface area (TPSA) is 17.8 Å². The number of hydrogen-bond acceptors (Lipinski definition) is 1. The molecule has 1 atom stereocenters. The minimum atomic E-state index is 0.217. The quantitative estimate of drug-likeness (QED) is 0.570. The standard InChI is InChI=1S/C7H13N2P.C2H6/c1-7(2,3)6-4-8-9(10)5-6;1-2/h4-5H,10H2,1-3H3;1-2H3. The van der Waals surface area contributed by atoms with E-state index >= 15 is 0 Å². The van der Waals surface area contributed by atoms with Crippen molar-refractivity contribution in [3.63, 3.8) is 0 Å². The molecular weight excluding hydrogens is 167 g/mol. The molecule has 0 saturated heterocycles. The first-order valence-electron chi connectivity index (χ1n) is 4.30. The van der Waals surface area contributed by atoms with E-state index in [1.54, 1.807) is 4.45 Å². The maximum Gasteiger partial charge on any atom is 0.0530 e. The molecule has 0 spiro atoms. The van der Waals surface area contributed by atoms with Crippen molar-refractivity contribution in [2.75, 3.05) is 0 Å². The predicted molar refractivity (Wildman–Crippen MR) is 57.4 cm³/mol. The summed E-state index contributed by atoms with van der Waals surface area (Å²) in [6, 6.07) is 0. The van der Waals surface area contributed by atoms with Crippen LogP contribution in [0, 0.1) is 0 Å². The van der Waals surface area contributed by atoms with E-state index in [0.29, 0.717) is 0 Å². The third-order valence-corrected chi connectivity index (χ3v) is 1.75. The van der Waals surface area contributed by atoms with Gasteiger partial charge in [0.1, 0.15) is 0 Å². The van der Waals surface area contributed by atoms with Gasteiger partial charge in [0.2, 0.25) is 0 Å². The lowest BCUT2D eigenvalue weighted by Gasteiger charge is -2.14. The fraction of sp³-hybridized carbons (Fsp3) is 0.667. The molecule has 1 aromatic heterocycles. The lowest BCUT2D eigenvalue weighted by Crippen LogP contribution is -2.09. The molecule has 0 aliphatic heterocycles. The molecule has 0 radical (unpaired) electrons. The maximum absolute atomic E-state index is 4.06. The van der Waals surface area contributed by atoms with Crippen LogP contribution in [0.15, 0.2) is 12.4 Å². The van der Waals surface area contributed by atoms with Crippen molar-refractivity contribution in [1.82, 2.24) is 9.55 Å². The Balaban J connectivity index is 0.000000561. The lowest BCUT2D eigenvalue weighted by molar-refractivity contribution is 0.590. The van der Waals surface area contributed by atoms with Gasteiger partial charge in [-0.2, -0.15) is 5.10 Å². The zero-order valence-electron chi connectivity index (χ0n) is 8.63. The van der Waals surface area contributed by atoms with E-state index in [1.165, 1.54) is 5.56 Å². The van der Waals surface area contributed by atoms with Crippen LogP contribution in [0.5, 0.6) is 0 Å². The van der Waals surface area contributed by atoms with Crippen molar-refractivity contribution in [2.45, 2.75) is 40.0 Å². The first-order chi connectivity index (χ1) is 5.50. The molecule has 3 heteroatoms. The third-order valence-electron chi connectivity index (χ3n) is 1.47. The van der Waals surface area contributed by atoms with E-state index in [1.807, 2.05) is 26.2 Å². The van der Waals surface area contributed by atoms with Gasteiger partial charge in [0, 0.05) is 6.20 Å². The van der Waals surface area contributed by atoms with Crippen LogP contribution in [0.3, 0.4) is 0 Å². The molecule has 2 nitrogen and oxygen atoms in total. The fourth-order valence-corrected chi connectivity index (χ4v) is 0.953. The molecule has 0 fully saturated rings. The molecule has 1 unspecified atom stereocenters. The zero-order valence-corrected chi connectivity index (χ0v) is 9.78. The molecule has 0 aromatic carbocycles. The predicted octanol–water partition coefficient (Wildman–Crippen LogP) is 2.85. The molecule has 1 aromatic rings. The Hall–Kier alpha value is -0.360. The highest BCUT2D eigenvalue weighted by Gasteiger charge is 2.14. The van der Waals surface area contributed by atoms with E-state index in [-0.39, 0.29) is 5.41 Å². The summed E-state index contributed by atoms with van der Waals surface area (Å²) in [5, 5.41) is 4.06. The number of aromatic nitrogens is 2. The molecule has 1 rings (SSSR count). The SMILES string of the molecule is CC.CC(C)(C)c1cnn(P)c1. The van der Waals surface area contributed by atoms with Crippen molar-refractivity contribution in [3.8, 4) is 0 Å². The average Bonchev–Trinajstić information content (AvgIpc) is 2.39. The molecular formula is C9H19N2P. The number of nitrogens with zero attached hydrogens (tertiary/aromatic N) is 2. The van der Waals surface area contributed by atoms with Gasteiger partial charge in [0.25, 0.3) is 0 Å². The molecule has 0 bridgehead atoms. The van der Waals surface area contributed by atoms with Crippen molar-refractivity contribution in [3.05, 3.63) is 18.0 Å². The summed E-state index contributed by atoms with van der Waals surface area (Å²) < 4.78 is 1.75. The summed E-state index contributed by atoms with van der Waals surface area (Å²) in [6.07, 6.45) is 3.91. The van der Waals surface area contributed by atoms with E-state index in [4.69, 9.17) is 0 Å². The summed E-state index contributed by atoms with van der Waals surface area (Å²) in [6.45, 7) is 10.5. The zero-order chi connectivity index (χ0) is 9.78. The molecule has 0 N–H and O–H groups in total. The summed E-state index contributed by atoms with van der Waals surface area (Å²) >= 11 is 0. The Morgan fingerprint density at radius 1 is 1.33 bits per heavy atom. The normalized spacial score (nSPS) is 10.5. The first-order valence-corrected chi connectivity index (χ1v) is 4.82. The van der Waals surface area contributed by atoms with Crippen LogP contribution in [0.2, 0.25) is 0 Å². The molecule has 12 heavy (non-hydrogen) atoms. The fourth-order valence-electron chi connectivity index (χ4n) is 0.725. The van der Waals surface area contributed by atoms with Crippen LogP contribution in [0.25, 0.3) is 0 Å². The Labute approximate surface area is 77.6 Å². The Bertz CT molecular complexity index is 223. The van der Waals surface area contributed by atoms with E-state index in [0.717, 1.165) is 0 Å². The van der Waals surface area contributed by atoms with Crippen molar-refractivity contribution >= 4 is 9.39 Å². The highest BCUT2D eigenvalue weighted by atomic mass is 31.0. The van der Waals surface area contributed by atoms with E-state index in [9.17, 15) is 0 Å². The molecule has 0 aliphatic carbocycles. The second-order valence-corrected chi connectivity index (χ2v) is 3.99. The number of rotatable bonds is 0. The van der Waals surface area contributed by atoms with Crippen LogP contribution in [0.4, 0.5) is 0 Å². The summed E-state index contributed by atoms with van der Waals surface area (Å²) in [5.74, 6) is 0. The molecule has 1 heterocycles. The van der Waals surface area contributed by atoms with Gasteiger partial charge < -0.3 is 0 Å². The average molecular weight is 186 g/mol. The Morgan fingerprint density at radius 2 is 1.83 bits per heavy atom. The smallest absolute Gasteiger partial charge is 0.0530 e. The largest absolute Gasteiger partial charge is 0.258 e. The van der Waals surface area contributed by atoms with Crippen LogP contribution in [-0.4, -0.2) is 9.55 Å². The minimum Gasteiger partial charge on any atom is -0.258 e. The van der Waals surface area contributed by atoms with Crippen molar-refractivity contribution in [2.24, 2.45) is 0 Å². The first kappa shape index (κ1) is 11.6. The summed E-state index contributed by atoms with van der Waals surface area (Å²) in [5.41, 5.74) is 1.48. The van der Waals surface area contributed by atoms with Crippen LogP contribution < -0.4 is 0 Å². The molecule has 0 aliphatic rings. The summed E-state index contributed by atoms with van der Waals surface area (Å²) in [7, 11) is 2.51. The monoisotopic (exact) mass is 186 g/mol. The van der Waals surface area contributed by atoms with Gasteiger partial charge in [-0.15, -0.1) is 0 Å². The van der Waals surface area contributed by atoms with Gasteiger partial charge in [0.05, 0.1) is 6.20 Å². The minimum absolute atomic E-state index is 0.217. The van der Waals surface area contributed by atoms with Crippen molar-refractivity contribution in [1.29, 1.82) is 0 Å². The molecule has 70 valence electrons. The van der Waals surface area contributed by atoms with Crippen LogP contribution in [0.1, 0.15) is 40.2 Å². The Morgan fingerprint density at radius 3 is 2.00 bits per heavy atom. The van der Waals surface area contributed by atoms with Gasteiger partial charge in [-0.3, -0.25) is 4.45 Å².